The lowest BCUT2D eigenvalue weighted by Gasteiger charge is -2.35. The Hall–Kier alpha value is -2.33. The zero-order valence-corrected chi connectivity index (χ0v) is 16.2. The zero-order valence-electron chi connectivity index (χ0n) is 15.4. The minimum absolute atomic E-state index is 0.0287. The van der Waals surface area contributed by atoms with Crippen LogP contribution in [0, 0.1) is 5.92 Å². The summed E-state index contributed by atoms with van der Waals surface area (Å²) >= 11 is 5.92. The molecule has 140 valence electrons. The largest absolute Gasteiger partial charge is 0.338 e. The van der Waals surface area contributed by atoms with Gasteiger partial charge in [-0.2, -0.15) is 0 Å². The summed E-state index contributed by atoms with van der Waals surface area (Å²) in [5.74, 6) is -0.0382. The Bertz CT molecular complexity index is 865. The second-order valence-corrected chi connectivity index (χ2v) is 7.92. The van der Waals surface area contributed by atoms with Crippen molar-refractivity contribution in [2.45, 2.75) is 32.2 Å². The van der Waals surface area contributed by atoms with Crippen molar-refractivity contribution >= 4 is 29.1 Å². The lowest BCUT2D eigenvalue weighted by atomic mass is 9.95. The lowest BCUT2D eigenvalue weighted by molar-refractivity contribution is -0.124. The van der Waals surface area contributed by atoms with Gasteiger partial charge in [-0.25, -0.2) is 0 Å². The Kier molecular flexibility index (Phi) is 4.92. The van der Waals surface area contributed by atoms with Crippen molar-refractivity contribution in [1.82, 2.24) is 4.90 Å². The van der Waals surface area contributed by atoms with E-state index in [4.69, 9.17) is 11.6 Å². The van der Waals surface area contributed by atoms with Gasteiger partial charge in [0.1, 0.15) is 0 Å². The quantitative estimate of drug-likeness (QED) is 0.782. The fraction of sp³-hybridized carbons (Fsp3) is 0.364. The second-order valence-electron chi connectivity index (χ2n) is 7.49. The van der Waals surface area contributed by atoms with Crippen LogP contribution in [0.25, 0.3) is 0 Å². The minimum atomic E-state index is -0.149. The van der Waals surface area contributed by atoms with Crippen LogP contribution >= 0.6 is 11.6 Å². The molecule has 2 aliphatic rings. The van der Waals surface area contributed by atoms with E-state index in [1.54, 1.807) is 24.3 Å². The minimum Gasteiger partial charge on any atom is -0.338 e. The molecule has 0 saturated carbocycles. The van der Waals surface area contributed by atoms with Gasteiger partial charge in [0.25, 0.3) is 5.91 Å². The third-order valence-corrected chi connectivity index (χ3v) is 5.85. The van der Waals surface area contributed by atoms with Crippen LogP contribution < -0.4 is 4.90 Å². The van der Waals surface area contributed by atoms with Crippen LogP contribution in [0.1, 0.15) is 35.7 Å². The highest BCUT2D eigenvalue weighted by Gasteiger charge is 2.37. The molecule has 5 heteroatoms. The molecule has 2 atom stereocenters. The molecule has 2 aliphatic heterocycles. The number of benzene rings is 2. The van der Waals surface area contributed by atoms with Crippen molar-refractivity contribution in [3.05, 3.63) is 64.7 Å². The molecule has 0 N–H and O–H groups in total. The van der Waals surface area contributed by atoms with Crippen LogP contribution in [0.2, 0.25) is 5.02 Å². The summed E-state index contributed by atoms with van der Waals surface area (Å²) in [7, 11) is 0. The molecule has 2 heterocycles. The number of carbonyl (C=O) groups excluding carboxylic acids is 2. The normalized spacial score (nSPS) is 21.9. The maximum Gasteiger partial charge on any atom is 0.253 e. The molecular weight excluding hydrogens is 360 g/mol. The van der Waals surface area contributed by atoms with Crippen LogP contribution in [-0.2, 0) is 11.2 Å². The second kappa shape index (κ2) is 7.35. The van der Waals surface area contributed by atoms with Gasteiger partial charge in [0, 0.05) is 35.4 Å². The Morgan fingerprint density at radius 1 is 1.07 bits per heavy atom. The van der Waals surface area contributed by atoms with Gasteiger partial charge in [0.2, 0.25) is 5.91 Å². The topological polar surface area (TPSA) is 40.6 Å². The van der Waals surface area contributed by atoms with Gasteiger partial charge in [0.15, 0.2) is 0 Å². The Morgan fingerprint density at radius 3 is 2.59 bits per heavy atom. The molecule has 0 aliphatic carbocycles. The molecule has 4 rings (SSSR count). The van der Waals surface area contributed by atoms with Crippen molar-refractivity contribution in [3.8, 4) is 0 Å². The van der Waals surface area contributed by atoms with E-state index in [1.807, 2.05) is 28.0 Å². The number of carbonyl (C=O) groups is 2. The SMILES string of the molecule is C[C@@H]1Cc2ccccc2N1C(=O)[C@H]1CCCN(C(=O)c2ccc(Cl)cc2)C1. The Labute approximate surface area is 164 Å². The number of amides is 2. The van der Waals surface area contributed by atoms with Gasteiger partial charge < -0.3 is 9.80 Å². The first-order valence-corrected chi connectivity index (χ1v) is 9.88. The van der Waals surface area contributed by atoms with Crippen LogP contribution in [0.15, 0.2) is 48.5 Å². The van der Waals surface area contributed by atoms with Crippen molar-refractivity contribution < 1.29 is 9.59 Å². The molecule has 0 radical (unpaired) electrons. The number of hydrogen-bond acceptors (Lipinski definition) is 2. The molecule has 1 saturated heterocycles. The van der Waals surface area contributed by atoms with Gasteiger partial charge in [-0.3, -0.25) is 9.59 Å². The molecule has 0 spiro atoms. The molecule has 0 unspecified atom stereocenters. The van der Waals surface area contributed by atoms with Gasteiger partial charge in [-0.1, -0.05) is 29.8 Å². The first-order chi connectivity index (χ1) is 13.0. The van der Waals surface area contributed by atoms with Gasteiger partial charge in [-0.05, 0) is 62.1 Å². The number of nitrogens with zero attached hydrogens (tertiary/aromatic N) is 2. The predicted octanol–water partition coefficient (Wildman–Crippen LogP) is 4.17. The summed E-state index contributed by atoms with van der Waals surface area (Å²) in [5.41, 5.74) is 2.87. The molecule has 2 aromatic rings. The smallest absolute Gasteiger partial charge is 0.253 e. The summed E-state index contributed by atoms with van der Waals surface area (Å²) in [6.07, 6.45) is 2.57. The van der Waals surface area contributed by atoms with Gasteiger partial charge >= 0.3 is 0 Å². The summed E-state index contributed by atoms with van der Waals surface area (Å²) in [6.45, 7) is 3.26. The highest BCUT2D eigenvalue weighted by Crippen LogP contribution is 2.34. The van der Waals surface area contributed by atoms with E-state index in [-0.39, 0.29) is 23.8 Å². The molecular formula is C22H23ClN2O2. The first kappa shape index (κ1) is 18.1. The number of piperidine rings is 1. The zero-order chi connectivity index (χ0) is 19.0. The highest BCUT2D eigenvalue weighted by atomic mass is 35.5. The average Bonchev–Trinajstić information content (AvgIpc) is 3.03. The number of halogens is 1. The van der Waals surface area contributed by atoms with E-state index in [2.05, 4.69) is 13.0 Å². The lowest BCUT2D eigenvalue weighted by Crippen LogP contribution is -2.48. The molecule has 2 amide bonds. The van der Waals surface area contributed by atoms with Gasteiger partial charge in [0.05, 0.1) is 5.92 Å². The Morgan fingerprint density at radius 2 is 1.81 bits per heavy atom. The molecule has 0 aromatic heterocycles. The maximum absolute atomic E-state index is 13.3. The molecule has 0 bridgehead atoms. The van der Waals surface area contributed by atoms with E-state index in [9.17, 15) is 9.59 Å². The molecule has 27 heavy (non-hydrogen) atoms. The number of para-hydroxylation sites is 1. The number of anilines is 1. The van der Waals surface area contributed by atoms with Crippen LogP contribution in [0.5, 0.6) is 0 Å². The molecule has 2 aromatic carbocycles. The van der Waals surface area contributed by atoms with E-state index in [0.29, 0.717) is 23.7 Å². The van der Waals surface area contributed by atoms with E-state index in [0.717, 1.165) is 24.9 Å². The third kappa shape index (κ3) is 3.46. The first-order valence-electron chi connectivity index (χ1n) is 9.50. The number of likely N-dealkylation sites (tertiary alicyclic amines) is 1. The number of fused-ring (bicyclic) bond motifs is 1. The predicted molar refractivity (Wildman–Crippen MR) is 107 cm³/mol. The van der Waals surface area contributed by atoms with E-state index < -0.39 is 0 Å². The highest BCUT2D eigenvalue weighted by molar-refractivity contribution is 6.30. The van der Waals surface area contributed by atoms with Crippen LogP contribution in [-0.4, -0.2) is 35.8 Å². The van der Waals surface area contributed by atoms with Gasteiger partial charge in [-0.15, -0.1) is 0 Å². The van der Waals surface area contributed by atoms with Crippen molar-refractivity contribution in [2.24, 2.45) is 5.92 Å². The maximum atomic E-state index is 13.3. The average molecular weight is 383 g/mol. The summed E-state index contributed by atoms with van der Waals surface area (Å²) < 4.78 is 0. The van der Waals surface area contributed by atoms with E-state index in [1.165, 1.54) is 5.56 Å². The van der Waals surface area contributed by atoms with Crippen molar-refractivity contribution in [2.75, 3.05) is 18.0 Å². The Balaban J connectivity index is 1.50. The fourth-order valence-electron chi connectivity index (χ4n) is 4.24. The third-order valence-electron chi connectivity index (χ3n) is 5.59. The van der Waals surface area contributed by atoms with Crippen LogP contribution in [0.4, 0.5) is 5.69 Å². The number of hydrogen-bond donors (Lipinski definition) is 0. The van der Waals surface area contributed by atoms with Crippen molar-refractivity contribution in [3.63, 3.8) is 0 Å². The summed E-state index contributed by atoms with van der Waals surface area (Å²) in [4.78, 5) is 29.9. The molecule has 1 fully saturated rings. The molecule has 4 nitrogen and oxygen atoms in total. The fourth-order valence-corrected chi connectivity index (χ4v) is 4.36. The number of rotatable bonds is 2. The monoisotopic (exact) mass is 382 g/mol. The summed E-state index contributed by atoms with van der Waals surface area (Å²) in [6, 6.07) is 15.2. The van der Waals surface area contributed by atoms with E-state index >= 15 is 0 Å². The summed E-state index contributed by atoms with van der Waals surface area (Å²) in [5, 5.41) is 0.611. The van der Waals surface area contributed by atoms with Crippen LogP contribution in [0.3, 0.4) is 0 Å². The standard InChI is InChI=1S/C22H23ClN2O2/c1-15-13-17-5-2-3-7-20(17)25(15)22(27)18-6-4-12-24(14-18)21(26)16-8-10-19(23)11-9-16/h2-3,5,7-11,15,18H,4,6,12-14H2,1H3/t15-,18+/m1/s1. The van der Waals surface area contributed by atoms with Crippen molar-refractivity contribution in [1.29, 1.82) is 0 Å².